The largest absolute Gasteiger partial charge is 0.507 e. The van der Waals surface area contributed by atoms with E-state index >= 15 is 0 Å². The van der Waals surface area contributed by atoms with Gasteiger partial charge in [0.05, 0.1) is 11.6 Å². The van der Waals surface area contributed by atoms with E-state index in [0.29, 0.717) is 12.1 Å². The van der Waals surface area contributed by atoms with Gasteiger partial charge in [-0.1, -0.05) is 50.1 Å². The molecular formula is C21H23NO3S. The number of carbonyl (C=O) groups excluding carboxylic acids is 2. The highest BCUT2D eigenvalue weighted by Crippen LogP contribution is 2.42. The van der Waals surface area contributed by atoms with Crippen molar-refractivity contribution >= 4 is 28.8 Å². The molecule has 1 aromatic heterocycles. The molecule has 1 amide bonds. The number of likely N-dealkylation sites (tertiary alicyclic amines) is 1. The summed E-state index contributed by atoms with van der Waals surface area (Å²) in [5, 5.41) is 12.8. The van der Waals surface area contributed by atoms with Crippen molar-refractivity contribution in [3.05, 3.63) is 63.4 Å². The number of nitrogens with zero attached hydrogens (tertiary/aromatic N) is 1. The summed E-state index contributed by atoms with van der Waals surface area (Å²) in [7, 11) is 0. The molecule has 1 unspecified atom stereocenters. The van der Waals surface area contributed by atoms with Gasteiger partial charge in [0.25, 0.3) is 11.7 Å². The third-order valence-corrected chi connectivity index (χ3v) is 5.81. The average Bonchev–Trinajstić information content (AvgIpc) is 3.18. The second-order valence-corrected chi connectivity index (χ2v) is 7.48. The number of aliphatic hydroxyl groups excluding tert-OH is 1. The number of unbranched alkanes of at least 4 members (excludes halogenated alkanes) is 2. The van der Waals surface area contributed by atoms with Crippen molar-refractivity contribution in [2.75, 3.05) is 6.54 Å². The lowest BCUT2D eigenvalue weighted by molar-refractivity contribution is -0.139. The van der Waals surface area contributed by atoms with Crippen molar-refractivity contribution < 1.29 is 14.7 Å². The predicted molar refractivity (Wildman–Crippen MR) is 104 cm³/mol. The number of benzene rings is 1. The number of aryl methyl sites for hydroxylation is 1. The Hall–Kier alpha value is -2.40. The lowest BCUT2D eigenvalue weighted by Crippen LogP contribution is -2.30. The van der Waals surface area contributed by atoms with Crippen molar-refractivity contribution in [2.24, 2.45) is 0 Å². The first-order chi connectivity index (χ1) is 12.6. The van der Waals surface area contributed by atoms with Crippen LogP contribution in [0.25, 0.3) is 5.76 Å². The van der Waals surface area contributed by atoms with E-state index in [4.69, 9.17) is 0 Å². The van der Waals surface area contributed by atoms with Gasteiger partial charge in [-0.15, -0.1) is 11.3 Å². The maximum atomic E-state index is 12.8. The molecule has 1 aromatic carbocycles. The summed E-state index contributed by atoms with van der Waals surface area (Å²) in [4.78, 5) is 28.0. The van der Waals surface area contributed by atoms with Crippen molar-refractivity contribution in [1.82, 2.24) is 4.90 Å². The van der Waals surface area contributed by atoms with Gasteiger partial charge in [-0.2, -0.15) is 0 Å². The summed E-state index contributed by atoms with van der Waals surface area (Å²) in [6.07, 6.45) is 2.88. The predicted octanol–water partition coefficient (Wildman–Crippen LogP) is 4.67. The molecule has 1 N–H and O–H groups in total. The summed E-state index contributed by atoms with van der Waals surface area (Å²) in [5.74, 6) is -1.21. The number of carbonyl (C=O) groups is 2. The van der Waals surface area contributed by atoms with Gasteiger partial charge in [-0.05, 0) is 30.4 Å². The van der Waals surface area contributed by atoms with Crippen molar-refractivity contribution in [3.8, 4) is 0 Å². The Balaban J connectivity index is 2.10. The molecule has 4 nitrogen and oxygen atoms in total. The molecule has 0 bridgehead atoms. The van der Waals surface area contributed by atoms with Gasteiger partial charge in [0, 0.05) is 17.0 Å². The third-order valence-electron chi connectivity index (χ3n) is 4.74. The molecule has 1 fully saturated rings. The van der Waals surface area contributed by atoms with Gasteiger partial charge in [0.1, 0.15) is 5.76 Å². The molecule has 0 aliphatic carbocycles. The van der Waals surface area contributed by atoms with E-state index in [0.717, 1.165) is 29.7 Å². The molecule has 1 aliphatic rings. The van der Waals surface area contributed by atoms with E-state index in [9.17, 15) is 14.7 Å². The van der Waals surface area contributed by atoms with E-state index in [1.165, 1.54) is 11.3 Å². The first-order valence-corrected chi connectivity index (χ1v) is 9.82. The van der Waals surface area contributed by atoms with E-state index in [1.807, 2.05) is 24.4 Å². The minimum atomic E-state index is -0.597. The SMILES string of the molecule is CCCCCN1C(=O)C(=O)/C(=C(\O)c2ccccc2)C1c1sccc1C. The van der Waals surface area contributed by atoms with Gasteiger partial charge >= 0.3 is 0 Å². The maximum Gasteiger partial charge on any atom is 0.295 e. The first kappa shape index (κ1) is 18.4. The van der Waals surface area contributed by atoms with Crippen LogP contribution in [-0.4, -0.2) is 28.2 Å². The number of rotatable bonds is 6. The highest BCUT2D eigenvalue weighted by atomic mass is 32.1. The molecule has 2 aromatic rings. The summed E-state index contributed by atoms with van der Waals surface area (Å²) < 4.78 is 0. The Morgan fingerprint density at radius 3 is 2.50 bits per heavy atom. The van der Waals surface area contributed by atoms with Gasteiger partial charge in [-0.3, -0.25) is 9.59 Å². The zero-order chi connectivity index (χ0) is 18.7. The smallest absolute Gasteiger partial charge is 0.295 e. The first-order valence-electron chi connectivity index (χ1n) is 8.94. The normalized spacial score (nSPS) is 19.3. The van der Waals surface area contributed by atoms with Crippen molar-refractivity contribution in [1.29, 1.82) is 0 Å². The topological polar surface area (TPSA) is 57.6 Å². The molecule has 5 heteroatoms. The zero-order valence-corrected chi connectivity index (χ0v) is 15.9. The average molecular weight is 369 g/mol. The molecule has 1 saturated heterocycles. The Kier molecular flexibility index (Phi) is 5.57. The lowest BCUT2D eigenvalue weighted by atomic mass is 9.98. The summed E-state index contributed by atoms with van der Waals surface area (Å²) in [5.41, 5.74) is 1.78. The second kappa shape index (κ2) is 7.87. The minimum absolute atomic E-state index is 0.0975. The number of aliphatic hydroxyl groups is 1. The lowest BCUT2D eigenvalue weighted by Gasteiger charge is -2.24. The highest BCUT2D eigenvalue weighted by molar-refractivity contribution is 7.10. The molecule has 3 rings (SSSR count). The monoisotopic (exact) mass is 369 g/mol. The zero-order valence-electron chi connectivity index (χ0n) is 15.1. The Morgan fingerprint density at radius 2 is 1.88 bits per heavy atom. The minimum Gasteiger partial charge on any atom is -0.507 e. The van der Waals surface area contributed by atoms with Crippen LogP contribution in [0, 0.1) is 6.92 Å². The van der Waals surface area contributed by atoms with Crippen LogP contribution in [0.5, 0.6) is 0 Å². The highest BCUT2D eigenvalue weighted by Gasteiger charge is 2.46. The van der Waals surface area contributed by atoms with E-state index in [1.54, 1.807) is 29.2 Å². The molecule has 136 valence electrons. The number of amides is 1. The van der Waals surface area contributed by atoms with E-state index < -0.39 is 17.7 Å². The maximum absolute atomic E-state index is 12.8. The number of thiophene rings is 1. The molecule has 0 spiro atoms. The number of hydrogen-bond acceptors (Lipinski definition) is 4. The van der Waals surface area contributed by atoms with Crippen LogP contribution in [0.3, 0.4) is 0 Å². The fraction of sp³-hybridized carbons (Fsp3) is 0.333. The molecule has 0 saturated carbocycles. The number of Topliss-reactive ketones (excluding diaryl/α,β-unsaturated/α-hetero) is 1. The van der Waals surface area contributed by atoms with Gasteiger partial charge < -0.3 is 10.0 Å². The Bertz CT molecular complexity index is 838. The summed E-state index contributed by atoms with van der Waals surface area (Å²) >= 11 is 1.52. The molecule has 0 radical (unpaired) electrons. The molecule has 26 heavy (non-hydrogen) atoms. The van der Waals surface area contributed by atoms with Gasteiger partial charge in [0.2, 0.25) is 0 Å². The van der Waals surface area contributed by atoms with E-state index in [2.05, 4.69) is 6.92 Å². The standard InChI is InChI=1S/C21H23NO3S/c1-3-4-8-12-22-17(20-14(2)11-13-26-20)16(19(24)21(22)25)18(23)15-9-6-5-7-10-15/h5-7,9-11,13,17,23H,3-4,8,12H2,1-2H3/b18-16-. The third kappa shape index (κ3) is 3.31. The summed E-state index contributed by atoms with van der Waals surface area (Å²) in [6.45, 7) is 4.59. The Morgan fingerprint density at radius 1 is 1.15 bits per heavy atom. The number of hydrogen-bond donors (Lipinski definition) is 1. The number of ketones is 1. The quantitative estimate of drug-likeness (QED) is 0.348. The van der Waals surface area contributed by atoms with Crippen LogP contribution in [0.15, 0.2) is 47.4 Å². The van der Waals surface area contributed by atoms with Crippen LogP contribution in [0.4, 0.5) is 0 Å². The van der Waals surface area contributed by atoms with Crippen molar-refractivity contribution in [3.63, 3.8) is 0 Å². The Labute approximate surface area is 157 Å². The van der Waals surface area contributed by atoms with Crippen LogP contribution in [0.1, 0.15) is 48.2 Å². The van der Waals surface area contributed by atoms with Crippen molar-refractivity contribution in [2.45, 2.75) is 39.2 Å². The van der Waals surface area contributed by atoms with Crippen LogP contribution in [0.2, 0.25) is 0 Å². The molecule has 2 heterocycles. The molecule has 1 aliphatic heterocycles. The molecular weight excluding hydrogens is 346 g/mol. The van der Waals surface area contributed by atoms with Crippen LogP contribution in [-0.2, 0) is 9.59 Å². The van der Waals surface area contributed by atoms with Gasteiger partial charge in [-0.25, -0.2) is 0 Å². The second-order valence-electron chi connectivity index (χ2n) is 6.53. The summed E-state index contributed by atoms with van der Waals surface area (Å²) in [6, 6.07) is 10.4. The fourth-order valence-corrected chi connectivity index (χ4v) is 4.38. The van der Waals surface area contributed by atoms with Crippen LogP contribution < -0.4 is 0 Å². The van der Waals surface area contributed by atoms with Crippen LogP contribution >= 0.6 is 11.3 Å². The van der Waals surface area contributed by atoms with Gasteiger partial charge in [0.15, 0.2) is 0 Å². The molecule has 1 atom stereocenters. The van der Waals surface area contributed by atoms with E-state index in [-0.39, 0.29) is 11.3 Å². The fourth-order valence-electron chi connectivity index (χ4n) is 3.33.